The van der Waals surface area contributed by atoms with Crippen LogP contribution < -0.4 is 5.32 Å². The van der Waals surface area contributed by atoms with Gasteiger partial charge in [0.15, 0.2) is 0 Å². The van der Waals surface area contributed by atoms with Gasteiger partial charge in [-0.25, -0.2) is 12.8 Å². The molecule has 0 radical (unpaired) electrons. The molecule has 0 amide bonds. The minimum absolute atomic E-state index is 0.136. The molecule has 2 heterocycles. The summed E-state index contributed by atoms with van der Waals surface area (Å²) in [4.78, 5) is 0.147. The fourth-order valence-corrected chi connectivity index (χ4v) is 6.69. The summed E-state index contributed by atoms with van der Waals surface area (Å²) in [5, 5.41) is 3.33. The van der Waals surface area contributed by atoms with Crippen LogP contribution in [0.3, 0.4) is 0 Å². The van der Waals surface area contributed by atoms with Crippen molar-refractivity contribution < 1.29 is 12.8 Å². The van der Waals surface area contributed by atoms with E-state index in [1.165, 1.54) is 35.4 Å². The maximum Gasteiger partial charge on any atom is 0.243 e. The van der Waals surface area contributed by atoms with Crippen molar-refractivity contribution in [3.8, 4) is 11.1 Å². The molecule has 4 nitrogen and oxygen atoms in total. The second-order valence-corrected chi connectivity index (χ2v) is 9.89. The van der Waals surface area contributed by atoms with Crippen molar-refractivity contribution in [2.24, 2.45) is 0 Å². The van der Waals surface area contributed by atoms with Gasteiger partial charge in [-0.05, 0) is 53.4 Å². The predicted molar refractivity (Wildman–Crippen MR) is 115 cm³/mol. The molecule has 6 heteroatoms. The van der Waals surface area contributed by atoms with E-state index in [1.807, 2.05) is 12.1 Å². The van der Waals surface area contributed by atoms with Crippen LogP contribution in [-0.4, -0.2) is 37.9 Å². The molecule has 1 unspecified atom stereocenters. The monoisotopic (exact) mass is 422 g/mol. The quantitative estimate of drug-likeness (QED) is 0.693. The summed E-state index contributed by atoms with van der Waals surface area (Å²) in [5.41, 5.74) is 4.76. The zero-order valence-corrected chi connectivity index (χ0v) is 17.4. The zero-order chi connectivity index (χ0) is 20.9. The maximum absolute atomic E-state index is 13.2. The van der Waals surface area contributed by atoms with Crippen molar-refractivity contribution in [2.45, 2.75) is 29.8 Å². The number of piperazine rings is 1. The largest absolute Gasteiger partial charge is 0.313 e. The van der Waals surface area contributed by atoms with Crippen molar-refractivity contribution in [3.05, 3.63) is 89.7 Å². The van der Waals surface area contributed by atoms with Crippen LogP contribution in [0.25, 0.3) is 11.1 Å². The van der Waals surface area contributed by atoms with Gasteiger partial charge in [0.2, 0.25) is 10.0 Å². The molecule has 2 bridgehead atoms. The molecule has 0 spiro atoms. The molecule has 3 aromatic rings. The topological polar surface area (TPSA) is 49.4 Å². The molecule has 0 aliphatic carbocycles. The highest BCUT2D eigenvalue weighted by Gasteiger charge is 2.56. The minimum Gasteiger partial charge on any atom is -0.313 e. The number of aryl methyl sites for hydroxylation is 1. The summed E-state index contributed by atoms with van der Waals surface area (Å²) < 4.78 is 41.2. The van der Waals surface area contributed by atoms with E-state index in [-0.39, 0.29) is 22.9 Å². The summed E-state index contributed by atoms with van der Waals surface area (Å²) in [6.07, 6.45) is 0. The highest BCUT2D eigenvalue weighted by atomic mass is 32.2. The van der Waals surface area contributed by atoms with Gasteiger partial charge >= 0.3 is 0 Å². The summed E-state index contributed by atoms with van der Waals surface area (Å²) >= 11 is 0. The minimum atomic E-state index is -3.65. The van der Waals surface area contributed by atoms with E-state index in [0.717, 1.165) is 11.1 Å². The molecule has 5 rings (SSSR count). The van der Waals surface area contributed by atoms with Gasteiger partial charge in [-0.1, -0.05) is 48.5 Å². The van der Waals surface area contributed by atoms with E-state index in [1.54, 1.807) is 4.31 Å². The first kappa shape index (κ1) is 19.4. The normalized spacial score (nSPS) is 23.7. The van der Waals surface area contributed by atoms with E-state index >= 15 is 0 Å². The third-order valence-corrected chi connectivity index (χ3v) is 8.29. The number of halogens is 1. The molecule has 2 fully saturated rings. The van der Waals surface area contributed by atoms with Gasteiger partial charge in [0.1, 0.15) is 5.82 Å². The molecule has 0 saturated carbocycles. The summed E-state index contributed by atoms with van der Waals surface area (Å²) in [5.74, 6) is -0.279. The lowest BCUT2D eigenvalue weighted by Gasteiger charge is -2.57. The van der Waals surface area contributed by atoms with E-state index in [2.05, 4.69) is 48.6 Å². The Morgan fingerprint density at radius 1 is 0.900 bits per heavy atom. The summed E-state index contributed by atoms with van der Waals surface area (Å²) in [6, 6.07) is 21.6. The number of hydrogen-bond acceptors (Lipinski definition) is 3. The zero-order valence-electron chi connectivity index (χ0n) is 16.6. The van der Waals surface area contributed by atoms with E-state index in [0.29, 0.717) is 13.1 Å². The van der Waals surface area contributed by atoms with Crippen LogP contribution in [0.5, 0.6) is 0 Å². The first-order valence-corrected chi connectivity index (χ1v) is 11.6. The number of nitrogens with zero attached hydrogens (tertiary/aromatic N) is 1. The highest BCUT2D eigenvalue weighted by Crippen LogP contribution is 2.46. The molecular formula is C24H23FN2O2S. The van der Waals surface area contributed by atoms with Gasteiger partial charge in [0, 0.05) is 31.1 Å². The standard InChI is InChI=1S/C24H23FN2O2S/c1-16-4-2-3-5-21(16)17-6-8-18(9-7-17)24-22-14-26-15-23(24)27(22)30(28,29)20-12-10-19(25)11-13-20/h2-13,22-24,26H,14-15H2,1H3/t22-,23+,24?. The molecule has 3 aromatic carbocycles. The van der Waals surface area contributed by atoms with Gasteiger partial charge < -0.3 is 5.32 Å². The van der Waals surface area contributed by atoms with E-state index < -0.39 is 15.8 Å². The van der Waals surface area contributed by atoms with Crippen LogP contribution in [0.4, 0.5) is 4.39 Å². The van der Waals surface area contributed by atoms with Gasteiger partial charge in [-0.2, -0.15) is 4.31 Å². The van der Waals surface area contributed by atoms with Crippen LogP contribution in [0.2, 0.25) is 0 Å². The van der Waals surface area contributed by atoms with E-state index in [9.17, 15) is 12.8 Å². The van der Waals surface area contributed by atoms with Crippen molar-refractivity contribution in [2.75, 3.05) is 13.1 Å². The third kappa shape index (κ3) is 3.07. The van der Waals surface area contributed by atoms with Gasteiger partial charge in [0.05, 0.1) is 4.90 Å². The smallest absolute Gasteiger partial charge is 0.243 e. The third-order valence-electron chi connectivity index (χ3n) is 6.33. The first-order chi connectivity index (χ1) is 14.5. The Morgan fingerprint density at radius 3 is 2.17 bits per heavy atom. The maximum atomic E-state index is 13.2. The highest BCUT2D eigenvalue weighted by molar-refractivity contribution is 7.89. The van der Waals surface area contributed by atoms with Crippen molar-refractivity contribution in [3.63, 3.8) is 0 Å². The van der Waals surface area contributed by atoms with Crippen LogP contribution in [0, 0.1) is 12.7 Å². The van der Waals surface area contributed by atoms with Crippen LogP contribution in [0.15, 0.2) is 77.7 Å². The SMILES string of the molecule is Cc1ccccc1-c1ccc(C2[C@H]3CNC[C@@H]2N3S(=O)(=O)c2ccc(F)cc2)cc1. The van der Waals surface area contributed by atoms with Crippen LogP contribution in [-0.2, 0) is 10.0 Å². The molecule has 3 atom stereocenters. The Balaban J connectivity index is 1.42. The fraction of sp³-hybridized carbons (Fsp3) is 0.250. The summed E-state index contributed by atoms with van der Waals surface area (Å²) in [6.45, 7) is 3.33. The number of sulfonamides is 1. The number of rotatable bonds is 4. The molecule has 0 aromatic heterocycles. The number of fused-ring (bicyclic) bond motifs is 2. The second kappa shape index (κ2) is 7.30. The Morgan fingerprint density at radius 2 is 1.53 bits per heavy atom. The number of benzene rings is 3. The lowest BCUT2D eigenvalue weighted by atomic mass is 9.74. The van der Waals surface area contributed by atoms with Crippen molar-refractivity contribution in [1.29, 1.82) is 0 Å². The Bertz CT molecular complexity index is 1160. The fourth-order valence-electron chi connectivity index (χ4n) is 4.84. The first-order valence-electron chi connectivity index (χ1n) is 10.1. The number of nitrogens with one attached hydrogen (secondary N) is 1. The lowest BCUT2D eigenvalue weighted by Crippen LogP contribution is -2.73. The molecule has 2 aliphatic heterocycles. The van der Waals surface area contributed by atoms with Gasteiger partial charge in [-0.15, -0.1) is 0 Å². The lowest BCUT2D eigenvalue weighted by molar-refractivity contribution is 0.0370. The molecule has 2 aliphatic rings. The average Bonchev–Trinajstić information content (AvgIpc) is 2.75. The molecule has 1 N–H and O–H groups in total. The molecule has 30 heavy (non-hydrogen) atoms. The second-order valence-electron chi connectivity index (χ2n) is 8.04. The molecule has 2 saturated heterocycles. The Kier molecular flexibility index (Phi) is 4.73. The molecular weight excluding hydrogens is 399 g/mol. The van der Waals surface area contributed by atoms with Crippen LogP contribution >= 0.6 is 0 Å². The number of piperidine rings is 1. The number of hydrogen-bond donors (Lipinski definition) is 1. The van der Waals surface area contributed by atoms with Gasteiger partial charge in [-0.3, -0.25) is 0 Å². The van der Waals surface area contributed by atoms with Gasteiger partial charge in [0.25, 0.3) is 0 Å². The van der Waals surface area contributed by atoms with Crippen molar-refractivity contribution >= 4 is 10.0 Å². The van der Waals surface area contributed by atoms with Crippen LogP contribution in [0.1, 0.15) is 17.0 Å². The Labute approximate surface area is 176 Å². The predicted octanol–water partition coefficient (Wildman–Crippen LogP) is 3.93. The summed E-state index contributed by atoms with van der Waals surface area (Å²) in [7, 11) is -3.65. The molecule has 154 valence electrons. The van der Waals surface area contributed by atoms with Crippen molar-refractivity contribution in [1.82, 2.24) is 9.62 Å². The van der Waals surface area contributed by atoms with E-state index in [4.69, 9.17) is 0 Å². The average molecular weight is 423 g/mol. The Hall–Kier alpha value is -2.54.